The average molecular weight is 164 g/mol. The first-order valence-corrected chi connectivity index (χ1v) is 3.78. The van der Waals surface area contributed by atoms with E-state index in [0.717, 1.165) is 5.56 Å². The van der Waals surface area contributed by atoms with E-state index in [1.54, 1.807) is 22.9 Å². The molecular weight excluding hydrogens is 152 g/mol. The van der Waals surface area contributed by atoms with Crippen LogP contribution in [-0.4, -0.2) is 4.57 Å². The first-order valence-electron chi connectivity index (χ1n) is 3.78. The van der Waals surface area contributed by atoms with Crippen molar-refractivity contribution in [3.05, 3.63) is 46.9 Å². The molecule has 12 heavy (non-hydrogen) atoms. The molecule has 0 amide bonds. The van der Waals surface area contributed by atoms with E-state index < -0.39 is 0 Å². The average Bonchev–Trinajstić information content (AvgIpc) is 2.09. The second kappa shape index (κ2) is 3.88. The number of rotatable bonds is 3. The normalized spacial score (nSPS) is 9.75. The summed E-state index contributed by atoms with van der Waals surface area (Å²) < 4.78 is 1.58. The predicted molar refractivity (Wildman–Crippen MR) is 48.8 cm³/mol. The zero-order valence-electron chi connectivity index (χ0n) is 6.86. The van der Waals surface area contributed by atoms with E-state index in [4.69, 9.17) is 5.73 Å². The van der Waals surface area contributed by atoms with Gasteiger partial charge in [0, 0.05) is 25.4 Å². The second-order valence-corrected chi connectivity index (χ2v) is 2.52. The molecule has 1 aromatic heterocycles. The molecule has 0 radical (unpaired) electrons. The molecule has 0 atom stereocenters. The molecule has 0 saturated carbocycles. The highest BCUT2D eigenvalue weighted by Crippen LogP contribution is 1.92. The van der Waals surface area contributed by atoms with E-state index in [1.165, 1.54) is 0 Å². The van der Waals surface area contributed by atoms with Crippen LogP contribution in [0, 0.1) is 0 Å². The van der Waals surface area contributed by atoms with Crippen LogP contribution in [0.5, 0.6) is 0 Å². The molecule has 0 fully saturated rings. The van der Waals surface area contributed by atoms with Crippen LogP contribution in [0.4, 0.5) is 0 Å². The van der Waals surface area contributed by atoms with Gasteiger partial charge in [-0.15, -0.1) is 6.58 Å². The first kappa shape index (κ1) is 8.74. The van der Waals surface area contributed by atoms with Crippen molar-refractivity contribution in [3.63, 3.8) is 0 Å². The van der Waals surface area contributed by atoms with Crippen LogP contribution in [0.2, 0.25) is 0 Å². The molecule has 3 heteroatoms. The number of pyridine rings is 1. The molecule has 0 aliphatic heterocycles. The minimum absolute atomic E-state index is 0.0298. The molecule has 0 unspecified atom stereocenters. The molecule has 3 nitrogen and oxygen atoms in total. The molecule has 1 heterocycles. The summed E-state index contributed by atoms with van der Waals surface area (Å²) in [5.74, 6) is 0. The monoisotopic (exact) mass is 164 g/mol. The van der Waals surface area contributed by atoms with E-state index >= 15 is 0 Å². The fourth-order valence-electron chi connectivity index (χ4n) is 0.966. The minimum atomic E-state index is -0.0298. The van der Waals surface area contributed by atoms with Gasteiger partial charge in [0.05, 0.1) is 0 Å². The summed E-state index contributed by atoms with van der Waals surface area (Å²) in [7, 11) is 0. The third-order valence-corrected chi connectivity index (χ3v) is 1.62. The lowest BCUT2D eigenvalue weighted by molar-refractivity contribution is 0.774. The summed E-state index contributed by atoms with van der Waals surface area (Å²) >= 11 is 0. The van der Waals surface area contributed by atoms with Crippen LogP contribution in [0.25, 0.3) is 0 Å². The molecule has 1 aromatic rings. The van der Waals surface area contributed by atoms with Crippen LogP contribution < -0.4 is 11.3 Å². The Balaban J connectivity index is 3.03. The Kier molecular flexibility index (Phi) is 2.82. The molecule has 2 N–H and O–H groups in total. The number of allylic oxidation sites excluding steroid dienone is 1. The van der Waals surface area contributed by atoms with Gasteiger partial charge in [0.2, 0.25) is 0 Å². The van der Waals surface area contributed by atoms with Crippen molar-refractivity contribution in [1.29, 1.82) is 0 Å². The van der Waals surface area contributed by atoms with Gasteiger partial charge in [0.1, 0.15) is 0 Å². The van der Waals surface area contributed by atoms with Crippen molar-refractivity contribution in [2.24, 2.45) is 5.73 Å². The SMILES string of the molecule is C=CCn1ccc(CN)cc1=O. The number of aromatic nitrogens is 1. The number of nitrogens with two attached hydrogens (primary N) is 1. The lowest BCUT2D eigenvalue weighted by Gasteiger charge is -2.01. The van der Waals surface area contributed by atoms with Gasteiger partial charge in [-0.3, -0.25) is 4.79 Å². The fraction of sp³-hybridized carbons (Fsp3) is 0.222. The largest absolute Gasteiger partial charge is 0.326 e. The Bertz CT molecular complexity index is 328. The smallest absolute Gasteiger partial charge is 0.251 e. The molecule has 0 aromatic carbocycles. The predicted octanol–water partition coefficient (Wildman–Crippen LogP) is 0.493. The fourth-order valence-corrected chi connectivity index (χ4v) is 0.966. The van der Waals surface area contributed by atoms with E-state index in [1.807, 2.05) is 6.07 Å². The van der Waals surface area contributed by atoms with Crippen LogP contribution in [-0.2, 0) is 13.1 Å². The standard InChI is InChI=1S/C9H12N2O/c1-2-4-11-5-3-8(7-10)6-9(11)12/h2-3,5-6H,1,4,7,10H2. The lowest BCUT2D eigenvalue weighted by atomic mass is 10.3. The molecule has 0 aliphatic carbocycles. The Labute approximate surface area is 71.1 Å². The number of hydrogen-bond donors (Lipinski definition) is 1. The summed E-state index contributed by atoms with van der Waals surface area (Å²) in [5, 5.41) is 0. The minimum Gasteiger partial charge on any atom is -0.326 e. The molecule has 1 rings (SSSR count). The van der Waals surface area contributed by atoms with Crippen molar-refractivity contribution >= 4 is 0 Å². The molecule has 64 valence electrons. The van der Waals surface area contributed by atoms with E-state index in [0.29, 0.717) is 13.1 Å². The van der Waals surface area contributed by atoms with Crippen LogP contribution in [0.1, 0.15) is 5.56 Å². The van der Waals surface area contributed by atoms with Crippen LogP contribution in [0.3, 0.4) is 0 Å². The van der Waals surface area contributed by atoms with E-state index in [2.05, 4.69) is 6.58 Å². The first-order chi connectivity index (χ1) is 5.77. The molecule has 0 saturated heterocycles. The third kappa shape index (κ3) is 1.83. The Morgan fingerprint density at radius 3 is 2.92 bits per heavy atom. The molecular formula is C9H12N2O. The van der Waals surface area contributed by atoms with Gasteiger partial charge in [-0.2, -0.15) is 0 Å². The zero-order chi connectivity index (χ0) is 8.97. The molecule has 0 aliphatic rings. The topological polar surface area (TPSA) is 48.0 Å². The maximum Gasteiger partial charge on any atom is 0.251 e. The van der Waals surface area contributed by atoms with Crippen molar-refractivity contribution < 1.29 is 0 Å². The van der Waals surface area contributed by atoms with Crippen molar-refractivity contribution in [3.8, 4) is 0 Å². The van der Waals surface area contributed by atoms with Gasteiger partial charge in [-0.25, -0.2) is 0 Å². The van der Waals surface area contributed by atoms with Gasteiger partial charge < -0.3 is 10.3 Å². The Morgan fingerprint density at radius 1 is 1.67 bits per heavy atom. The highest BCUT2D eigenvalue weighted by atomic mass is 16.1. The van der Waals surface area contributed by atoms with Crippen LogP contribution >= 0.6 is 0 Å². The summed E-state index contributed by atoms with van der Waals surface area (Å²) in [6, 6.07) is 3.38. The van der Waals surface area contributed by atoms with Gasteiger partial charge in [0.15, 0.2) is 0 Å². The van der Waals surface area contributed by atoms with Gasteiger partial charge >= 0.3 is 0 Å². The third-order valence-electron chi connectivity index (χ3n) is 1.62. The highest BCUT2D eigenvalue weighted by Gasteiger charge is 1.94. The zero-order valence-corrected chi connectivity index (χ0v) is 6.86. The maximum atomic E-state index is 11.2. The summed E-state index contributed by atoms with van der Waals surface area (Å²) in [4.78, 5) is 11.2. The Hall–Kier alpha value is -1.35. The highest BCUT2D eigenvalue weighted by molar-refractivity contribution is 5.10. The number of nitrogens with zero attached hydrogens (tertiary/aromatic N) is 1. The Morgan fingerprint density at radius 2 is 2.42 bits per heavy atom. The summed E-state index contributed by atoms with van der Waals surface area (Å²) in [5.41, 5.74) is 6.21. The quantitative estimate of drug-likeness (QED) is 0.661. The van der Waals surface area contributed by atoms with Gasteiger partial charge in [-0.05, 0) is 11.6 Å². The van der Waals surface area contributed by atoms with Gasteiger partial charge in [0.25, 0.3) is 5.56 Å². The summed E-state index contributed by atoms with van der Waals surface area (Å²) in [6.45, 7) is 4.51. The van der Waals surface area contributed by atoms with Crippen molar-refractivity contribution in [1.82, 2.24) is 4.57 Å². The summed E-state index contributed by atoms with van der Waals surface area (Å²) in [6.07, 6.45) is 3.41. The maximum absolute atomic E-state index is 11.2. The second-order valence-electron chi connectivity index (χ2n) is 2.52. The molecule has 0 bridgehead atoms. The lowest BCUT2D eigenvalue weighted by Crippen LogP contribution is -2.18. The molecule has 0 spiro atoms. The van der Waals surface area contributed by atoms with E-state index in [-0.39, 0.29) is 5.56 Å². The van der Waals surface area contributed by atoms with Gasteiger partial charge in [-0.1, -0.05) is 6.08 Å². The number of hydrogen-bond acceptors (Lipinski definition) is 2. The van der Waals surface area contributed by atoms with Crippen molar-refractivity contribution in [2.45, 2.75) is 13.1 Å². The van der Waals surface area contributed by atoms with Crippen molar-refractivity contribution in [2.75, 3.05) is 0 Å². The van der Waals surface area contributed by atoms with E-state index in [9.17, 15) is 4.79 Å². The van der Waals surface area contributed by atoms with Crippen LogP contribution in [0.15, 0.2) is 35.8 Å².